The van der Waals surface area contributed by atoms with Crippen molar-refractivity contribution >= 4 is 52.9 Å². The molecule has 3 rings (SSSR count). The molecule has 33 heavy (non-hydrogen) atoms. The second kappa shape index (κ2) is 11.6. The summed E-state index contributed by atoms with van der Waals surface area (Å²) in [6.07, 6.45) is 1.40. The lowest BCUT2D eigenvalue weighted by atomic mass is 10.2. The molecule has 0 aromatic heterocycles. The van der Waals surface area contributed by atoms with E-state index in [1.807, 2.05) is 0 Å². The van der Waals surface area contributed by atoms with E-state index in [1.165, 1.54) is 13.3 Å². The Kier molecular flexibility index (Phi) is 8.54. The largest absolute Gasteiger partial charge is 0.493 e. The number of nitrogens with one attached hydrogen (secondary N) is 1. The van der Waals surface area contributed by atoms with Gasteiger partial charge in [-0.2, -0.15) is 5.10 Å². The number of carbonyl (C=O) groups is 2. The van der Waals surface area contributed by atoms with E-state index in [0.29, 0.717) is 26.9 Å². The summed E-state index contributed by atoms with van der Waals surface area (Å²) < 4.78 is 16.0. The van der Waals surface area contributed by atoms with Crippen LogP contribution in [0.5, 0.6) is 17.2 Å². The quantitative estimate of drug-likeness (QED) is 0.191. The van der Waals surface area contributed by atoms with Crippen LogP contribution in [0.25, 0.3) is 0 Å². The number of carbonyl (C=O) groups excluding carboxylic acids is 2. The minimum Gasteiger partial charge on any atom is -0.493 e. The van der Waals surface area contributed by atoms with Crippen LogP contribution in [0.1, 0.15) is 15.9 Å². The summed E-state index contributed by atoms with van der Waals surface area (Å²) in [6, 6.07) is 16.0. The van der Waals surface area contributed by atoms with Gasteiger partial charge in [-0.15, -0.1) is 0 Å². The number of ether oxygens (including phenoxy) is 3. The molecule has 0 aliphatic carbocycles. The van der Waals surface area contributed by atoms with E-state index >= 15 is 0 Å². The molecule has 0 aliphatic heterocycles. The van der Waals surface area contributed by atoms with Gasteiger partial charge in [0.2, 0.25) is 0 Å². The smallest absolute Gasteiger partial charge is 0.343 e. The number of rotatable bonds is 8. The highest BCUT2D eigenvalue weighted by molar-refractivity contribution is 6.42. The van der Waals surface area contributed by atoms with Crippen LogP contribution in [0.2, 0.25) is 15.1 Å². The fourth-order valence-electron chi connectivity index (χ4n) is 2.54. The monoisotopic (exact) mass is 506 g/mol. The summed E-state index contributed by atoms with van der Waals surface area (Å²) in [6.45, 7) is -0.305. The Morgan fingerprint density at radius 1 is 0.970 bits per heavy atom. The Labute approximate surface area is 204 Å². The van der Waals surface area contributed by atoms with Gasteiger partial charge in [-0.1, -0.05) is 40.9 Å². The first kappa shape index (κ1) is 24.4. The number of halogens is 3. The number of esters is 1. The van der Waals surface area contributed by atoms with E-state index in [-0.39, 0.29) is 23.1 Å². The normalized spacial score (nSPS) is 10.7. The van der Waals surface area contributed by atoms with Crippen LogP contribution >= 0.6 is 34.8 Å². The van der Waals surface area contributed by atoms with Gasteiger partial charge in [0.1, 0.15) is 10.8 Å². The molecule has 1 amide bonds. The zero-order valence-corrected chi connectivity index (χ0v) is 19.4. The summed E-state index contributed by atoms with van der Waals surface area (Å²) in [4.78, 5) is 24.2. The van der Waals surface area contributed by atoms with Crippen LogP contribution < -0.4 is 19.6 Å². The van der Waals surface area contributed by atoms with Crippen LogP contribution in [-0.4, -0.2) is 31.8 Å². The number of methoxy groups -OCH3 is 1. The molecule has 7 nitrogen and oxygen atoms in total. The second-order valence-corrected chi connectivity index (χ2v) is 7.66. The molecule has 0 spiro atoms. The maximum atomic E-state index is 12.3. The molecule has 0 saturated heterocycles. The summed E-state index contributed by atoms with van der Waals surface area (Å²) in [5.74, 6) is -0.227. The first-order chi connectivity index (χ1) is 15.9. The lowest BCUT2D eigenvalue weighted by Crippen LogP contribution is -2.24. The number of hydrogen-bond donors (Lipinski definition) is 1. The van der Waals surface area contributed by atoms with Crippen LogP contribution in [0.4, 0.5) is 0 Å². The lowest BCUT2D eigenvalue weighted by Gasteiger charge is -2.10. The fraction of sp³-hybridized carbons (Fsp3) is 0.0870. The Hall–Kier alpha value is -3.26. The van der Waals surface area contributed by atoms with Crippen molar-refractivity contribution in [3.8, 4) is 17.2 Å². The third-order valence-corrected chi connectivity index (χ3v) is 5.20. The molecule has 3 aromatic carbocycles. The number of amides is 1. The van der Waals surface area contributed by atoms with Crippen LogP contribution in [0, 0.1) is 0 Å². The number of hydrogen-bond acceptors (Lipinski definition) is 6. The summed E-state index contributed by atoms with van der Waals surface area (Å²) >= 11 is 17.7. The van der Waals surface area contributed by atoms with Gasteiger partial charge in [-0.3, -0.25) is 4.79 Å². The van der Waals surface area contributed by atoms with Crippen molar-refractivity contribution in [2.75, 3.05) is 13.7 Å². The molecular formula is C23H17Cl3N2O5. The highest BCUT2D eigenvalue weighted by Crippen LogP contribution is 2.31. The average Bonchev–Trinajstić information content (AvgIpc) is 2.81. The van der Waals surface area contributed by atoms with Gasteiger partial charge in [-0.25, -0.2) is 10.2 Å². The molecule has 170 valence electrons. The molecule has 1 N–H and O–H groups in total. The summed E-state index contributed by atoms with van der Waals surface area (Å²) in [5.41, 5.74) is 3.28. The molecule has 0 bridgehead atoms. The molecule has 10 heteroatoms. The Morgan fingerprint density at radius 3 is 2.45 bits per heavy atom. The van der Waals surface area contributed by atoms with Crippen molar-refractivity contribution in [2.45, 2.75) is 0 Å². The van der Waals surface area contributed by atoms with E-state index in [2.05, 4.69) is 10.5 Å². The zero-order chi connectivity index (χ0) is 23.8. The minimum atomic E-state index is -0.557. The van der Waals surface area contributed by atoms with Gasteiger partial charge in [0.25, 0.3) is 5.91 Å². The average molecular weight is 508 g/mol. The molecule has 0 atom stereocenters. The standard InChI is InChI=1S/C23H17Cl3N2O5/c1-31-20-11-14(5-10-18(20)33-23(30)15-6-8-16(24)9-7-15)12-27-28-21(29)13-32-19-4-2-3-17(25)22(19)26/h2-12H,13H2,1H3,(H,28,29)/b27-12-. The molecule has 3 aromatic rings. The predicted molar refractivity (Wildman–Crippen MR) is 127 cm³/mol. The highest BCUT2D eigenvalue weighted by atomic mass is 35.5. The second-order valence-electron chi connectivity index (χ2n) is 6.44. The topological polar surface area (TPSA) is 86.2 Å². The first-order valence-corrected chi connectivity index (χ1v) is 10.5. The lowest BCUT2D eigenvalue weighted by molar-refractivity contribution is -0.123. The van der Waals surface area contributed by atoms with Gasteiger partial charge in [-0.05, 0) is 60.2 Å². The van der Waals surface area contributed by atoms with Crippen LogP contribution in [0.15, 0.2) is 65.8 Å². The van der Waals surface area contributed by atoms with Gasteiger partial charge in [0, 0.05) is 5.02 Å². The Morgan fingerprint density at radius 2 is 1.73 bits per heavy atom. The van der Waals surface area contributed by atoms with Crippen molar-refractivity contribution in [3.63, 3.8) is 0 Å². The SMILES string of the molecule is COc1cc(/C=N\NC(=O)COc2cccc(Cl)c2Cl)ccc1OC(=O)c1ccc(Cl)cc1. The van der Waals surface area contributed by atoms with E-state index in [4.69, 9.17) is 49.0 Å². The van der Waals surface area contributed by atoms with E-state index in [0.717, 1.165) is 0 Å². The molecule has 0 fully saturated rings. The van der Waals surface area contributed by atoms with E-state index < -0.39 is 11.9 Å². The van der Waals surface area contributed by atoms with Crippen LogP contribution in [0.3, 0.4) is 0 Å². The maximum Gasteiger partial charge on any atom is 0.343 e. The van der Waals surface area contributed by atoms with Crippen molar-refractivity contribution < 1.29 is 23.8 Å². The minimum absolute atomic E-state index is 0.222. The first-order valence-electron chi connectivity index (χ1n) is 9.42. The Balaban J connectivity index is 1.57. The molecule has 0 aliphatic rings. The molecular weight excluding hydrogens is 491 g/mol. The zero-order valence-electron chi connectivity index (χ0n) is 17.2. The van der Waals surface area contributed by atoms with Gasteiger partial charge in [0.05, 0.1) is 23.9 Å². The third kappa shape index (κ3) is 6.86. The molecule has 0 radical (unpaired) electrons. The van der Waals surface area contributed by atoms with Gasteiger partial charge in [0.15, 0.2) is 18.1 Å². The molecule has 0 saturated carbocycles. The maximum absolute atomic E-state index is 12.3. The third-order valence-electron chi connectivity index (χ3n) is 4.15. The van der Waals surface area contributed by atoms with Crippen molar-refractivity contribution in [1.29, 1.82) is 0 Å². The molecule has 0 heterocycles. The van der Waals surface area contributed by atoms with Crippen molar-refractivity contribution in [1.82, 2.24) is 5.43 Å². The van der Waals surface area contributed by atoms with Gasteiger partial charge < -0.3 is 14.2 Å². The molecule has 0 unspecified atom stereocenters. The summed E-state index contributed by atoms with van der Waals surface area (Å²) in [5, 5.41) is 4.93. The van der Waals surface area contributed by atoms with E-state index in [9.17, 15) is 9.59 Å². The van der Waals surface area contributed by atoms with Crippen molar-refractivity contribution in [3.05, 3.63) is 86.9 Å². The van der Waals surface area contributed by atoms with Crippen molar-refractivity contribution in [2.24, 2.45) is 5.10 Å². The predicted octanol–water partition coefficient (Wildman–Crippen LogP) is 5.40. The van der Waals surface area contributed by atoms with Crippen LogP contribution in [-0.2, 0) is 4.79 Å². The fourth-order valence-corrected chi connectivity index (χ4v) is 3.02. The number of hydrazone groups is 1. The summed E-state index contributed by atoms with van der Waals surface area (Å²) in [7, 11) is 1.44. The Bertz CT molecular complexity index is 1180. The van der Waals surface area contributed by atoms with E-state index in [1.54, 1.807) is 60.7 Å². The van der Waals surface area contributed by atoms with Gasteiger partial charge >= 0.3 is 5.97 Å². The number of nitrogens with zero attached hydrogens (tertiary/aromatic N) is 1. The highest BCUT2D eigenvalue weighted by Gasteiger charge is 2.13. The number of benzene rings is 3.